The van der Waals surface area contributed by atoms with Crippen LogP contribution in [0.15, 0.2) is 30.3 Å². The zero-order valence-electron chi connectivity index (χ0n) is 6.07. The summed E-state index contributed by atoms with van der Waals surface area (Å²) in [6.45, 7) is 0. The van der Waals surface area contributed by atoms with Crippen molar-refractivity contribution in [2.75, 3.05) is 0 Å². The standard InChI is InChI=1S/C8H7IO3/c9-8(12,7(10)11)6-4-2-1-3-5-6/h1-5,12H,(H,10,11). The molecule has 3 nitrogen and oxygen atoms in total. The minimum absolute atomic E-state index is 0.373. The van der Waals surface area contributed by atoms with Gasteiger partial charge < -0.3 is 10.2 Å². The van der Waals surface area contributed by atoms with Gasteiger partial charge in [0.15, 0.2) is 0 Å². The van der Waals surface area contributed by atoms with Gasteiger partial charge in [-0.1, -0.05) is 30.3 Å². The smallest absolute Gasteiger partial charge is 0.351 e. The van der Waals surface area contributed by atoms with E-state index in [-0.39, 0.29) is 0 Å². The molecule has 0 radical (unpaired) electrons. The number of carbonyl (C=O) groups is 1. The Bertz CT molecular complexity index is 282. The second kappa shape index (κ2) is 3.40. The molecule has 0 aliphatic carbocycles. The van der Waals surface area contributed by atoms with Gasteiger partial charge in [0.2, 0.25) is 3.61 Å². The molecule has 4 heteroatoms. The molecular weight excluding hydrogens is 271 g/mol. The highest BCUT2D eigenvalue weighted by Gasteiger charge is 2.34. The number of halogens is 1. The van der Waals surface area contributed by atoms with E-state index in [2.05, 4.69) is 0 Å². The zero-order chi connectivity index (χ0) is 9.19. The van der Waals surface area contributed by atoms with Crippen LogP contribution in [0.2, 0.25) is 0 Å². The number of carboxylic acids is 1. The normalized spacial score (nSPS) is 15.2. The Morgan fingerprint density at radius 2 is 1.83 bits per heavy atom. The summed E-state index contributed by atoms with van der Waals surface area (Å²) in [6, 6.07) is 8.27. The molecule has 1 atom stereocenters. The van der Waals surface area contributed by atoms with Crippen LogP contribution in [0.1, 0.15) is 5.56 Å². The lowest BCUT2D eigenvalue weighted by Crippen LogP contribution is -2.27. The molecule has 0 aliphatic rings. The summed E-state index contributed by atoms with van der Waals surface area (Å²) in [5, 5.41) is 18.1. The van der Waals surface area contributed by atoms with Crippen LogP contribution >= 0.6 is 22.6 Å². The van der Waals surface area contributed by atoms with E-state index in [4.69, 9.17) is 5.11 Å². The summed E-state index contributed by atoms with van der Waals surface area (Å²) in [7, 11) is 0. The van der Waals surface area contributed by atoms with Gasteiger partial charge >= 0.3 is 5.97 Å². The summed E-state index contributed by atoms with van der Waals surface area (Å²) < 4.78 is -1.82. The second-order valence-corrected chi connectivity index (χ2v) is 3.85. The molecule has 1 aromatic rings. The van der Waals surface area contributed by atoms with Crippen LogP contribution in [0.4, 0.5) is 0 Å². The summed E-state index contributed by atoms with van der Waals surface area (Å²) in [5.41, 5.74) is 0.373. The van der Waals surface area contributed by atoms with E-state index >= 15 is 0 Å². The third-order valence-corrected chi connectivity index (χ3v) is 2.52. The highest BCUT2D eigenvalue weighted by atomic mass is 127. The number of hydrogen-bond acceptors (Lipinski definition) is 2. The maximum atomic E-state index is 10.6. The molecule has 1 unspecified atom stereocenters. The van der Waals surface area contributed by atoms with Gasteiger partial charge in [0, 0.05) is 5.56 Å². The molecule has 0 aliphatic heterocycles. The van der Waals surface area contributed by atoms with Crippen molar-refractivity contribution in [3.8, 4) is 0 Å². The van der Waals surface area contributed by atoms with Crippen molar-refractivity contribution in [1.29, 1.82) is 0 Å². The Hall–Kier alpha value is -0.620. The van der Waals surface area contributed by atoms with E-state index in [1.165, 1.54) is 22.6 Å². The molecule has 0 saturated carbocycles. The molecule has 1 aromatic carbocycles. The number of aliphatic hydroxyl groups is 1. The van der Waals surface area contributed by atoms with Gasteiger partial charge in [-0.15, -0.1) is 0 Å². The first-order valence-electron chi connectivity index (χ1n) is 3.25. The van der Waals surface area contributed by atoms with Crippen LogP contribution in [-0.2, 0) is 8.40 Å². The van der Waals surface area contributed by atoms with E-state index in [9.17, 15) is 9.90 Å². The topological polar surface area (TPSA) is 57.5 Å². The predicted octanol–water partition coefficient (Wildman–Crippen LogP) is 1.35. The fourth-order valence-electron chi connectivity index (χ4n) is 0.782. The van der Waals surface area contributed by atoms with E-state index in [1.54, 1.807) is 30.3 Å². The van der Waals surface area contributed by atoms with E-state index in [0.717, 1.165) is 0 Å². The Morgan fingerprint density at radius 1 is 1.33 bits per heavy atom. The van der Waals surface area contributed by atoms with Gasteiger partial charge in [0.25, 0.3) is 0 Å². The van der Waals surface area contributed by atoms with Gasteiger partial charge in [-0.3, -0.25) is 0 Å². The SMILES string of the molecule is O=C(O)C(O)(I)c1ccccc1. The fourth-order valence-corrected chi connectivity index (χ4v) is 1.14. The van der Waals surface area contributed by atoms with Crippen molar-refractivity contribution in [1.82, 2.24) is 0 Å². The third kappa shape index (κ3) is 1.75. The highest BCUT2D eigenvalue weighted by Crippen LogP contribution is 2.28. The number of carboxylic acid groups (broad SMARTS) is 1. The molecule has 1 rings (SSSR count). The van der Waals surface area contributed by atoms with Crippen molar-refractivity contribution in [3.63, 3.8) is 0 Å². The molecule has 0 saturated heterocycles. The monoisotopic (exact) mass is 278 g/mol. The van der Waals surface area contributed by atoms with E-state index in [0.29, 0.717) is 5.56 Å². The lowest BCUT2D eigenvalue weighted by Gasteiger charge is -2.15. The van der Waals surface area contributed by atoms with E-state index in [1.807, 2.05) is 0 Å². The Kier molecular flexibility index (Phi) is 2.69. The van der Waals surface area contributed by atoms with Gasteiger partial charge in [-0.2, -0.15) is 0 Å². The van der Waals surface area contributed by atoms with E-state index < -0.39 is 9.58 Å². The van der Waals surface area contributed by atoms with Crippen LogP contribution in [-0.4, -0.2) is 16.2 Å². The summed E-state index contributed by atoms with van der Waals surface area (Å²) in [5.74, 6) is -1.26. The predicted molar refractivity (Wildman–Crippen MR) is 52.0 cm³/mol. The summed E-state index contributed by atoms with van der Waals surface area (Å²) in [4.78, 5) is 10.6. The number of alkyl halides is 1. The third-order valence-electron chi connectivity index (χ3n) is 1.44. The number of hydrogen-bond donors (Lipinski definition) is 2. The van der Waals surface area contributed by atoms with Gasteiger partial charge in [-0.25, -0.2) is 4.79 Å². The molecule has 2 N–H and O–H groups in total. The molecule has 0 spiro atoms. The molecule has 0 fully saturated rings. The van der Waals surface area contributed by atoms with Crippen molar-refractivity contribution in [2.45, 2.75) is 3.61 Å². The molecule has 64 valence electrons. The summed E-state index contributed by atoms with van der Waals surface area (Å²) >= 11 is 1.49. The van der Waals surface area contributed by atoms with Crippen LogP contribution < -0.4 is 0 Å². The average Bonchev–Trinajstić information content (AvgIpc) is 2.06. The number of benzene rings is 1. The number of rotatable bonds is 2. The van der Waals surface area contributed by atoms with Crippen LogP contribution in [0.3, 0.4) is 0 Å². The van der Waals surface area contributed by atoms with Crippen LogP contribution in [0.5, 0.6) is 0 Å². The molecule has 0 heterocycles. The first-order chi connectivity index (χ1) is 5.55. The second-order valence-electron chi connectivity index (χ2n) is 2.29. The first kappa shape index (κ1) is 9.47. The van der Waals surface area contributed by atoms with Crippen molar-refractivity contribution in [2.24, 2.45) is 0 Å². The zero-order valence-corrected chi connectivity index (χ0v) is 8.22. The van der Waals surface area contributed by atoms with Crippen LogP contribution in [0.25, 0.3) is 0 Å². The molecular formula is C8H7IO3. The Morgan fingerprint density at radius 3 is 2.25 bits per heavy atom. The lowest BCUT2D eigenvalue weighted by molar-refractivity contribution is -0.148. The molecule has 0 amide bonds. The highest BCUT2D eigenvalue weighted by molar-refractivity contribution is 14.1. The van der Waals surface area contributed by atoms with Crippen molar-refractivity contribution < 1.29 is 15.0 Å². The van der Waals surface area contributed by atoms with Crippen molar-refractivity contribution in [3.05, 3.63) is 35.9 Å². The average molecular weight is 278 g/mol. The van der Waals surface area contributed by atoms with Gasteiger partial charge in [0.1, 0.15) is 0 Å². The Balaban J connectivity index is 3.06. The quantitative estimate of drug-likeness (QED) is 0.634. The lowest BCUT2D eigenvalue weighted by atomic mass is 10.1. The molecule has 0 bridgehead atoms. The Labute approximate surface area is 83.2 Å². The minimum Gasteiger partial charge on any atom is -0.478 e. The minimum atomic E-state index is -1.82. The largest absolute Gasteiger partial charge is 0.478 e. The fraction of sp³-hybridized carbons (Fsp3) is 0.125. The molecule has 12 heavy (non-hydrogen) atoms. The summed E-state index contributed by atoms with van der Waals surface area (Å²) in [6.07, 6.45) is 0. The van der Waals surface area contributed by atoms with Gasteiger partial charge in [-0.05, 0) is 22.6 Å². The maximum absolute atomic E-state index is 10.6. The van der Waals surface area contributed by atoms with Gasteiger partial charge in [0.05, 0.1) is 0 Å². The molecule has 0 aromatic heterocycles. The maximum Gasteiger partial charge on any atom is 0.351 e. The number of aliphatic carboxylic acids is 1. The van der Waals surface area contributed by atoms with Crippen molar-refractivity contribution >= 4 is 28.6 Å². The van der Waals surface area contributed by atoms with Crippen LogP contribution in [0, 0.1) is 0 Å². The first-order valence-corrected chi connectivity index (χ1v) is 4.33.